The molecule has 0 unspecified atom stereocenters. The number of nitrogen functional groups attached to an aromatic ring is 1. The summed E-state index contributed by atoms with van der Waals surface area (Å²) in [4.78, 5) is 0. The van der Waals surface area contributed by atoms with Crippen LogP contribution in [0.4, 0.5) is 5.69 Å². The van der Waals surface area contributed by atoms with Gasteiger partial charge in [0.15, 0.2) is 0 Å². The van der Waals surface area contributed by atoms with Crippen molar-refractivity contribution in [3.8, 4) is 22.6 Å². The van der Waals surface area contributed by atoms with Gasteiger partial charge in [-0.1, -0.05) is 220 Å². The third kappa shape index (κ3) is 10.6. The zero-order valence-corrected chi connectivity index (χ0v) is 38.9. The van der Waals surface area contributed by atoms with Gasteiger partial charge >= 0.3 is 0 Å². The molecule has 2 nitrogen and oxygen atoms in total. The number of para-hydroxylation sites is 3. The SMILES string of the molecule is CC1(C)c2cccc(P(c3ccccc3)c3ccccc3)c2Oc2c(P(c3ccccc3)c3ccccc3)cccc21.ClCCl.Nc1ccccc1-c1ccccc1.[Cl-].[Pd]. The Morgan fingerprint density at radius 1 is 0.450 bits per heavy atom. The van der Waals surface area contributed by atoms with Crippen molar-refractivity contribution in [1.29, 1.82) is 0 Å². The fraction of sp³-hybridized carbons (Fsp3) is 0.0769. The number of ether oxygens (including phenoxy) is 1. The number of nitrogens with two attached hydrogens (primary N) is 1. The molecule has 60 heavy (non-hydrogen) atoms. The van der Waals surface area contributed by atoms with Gasteiger partial charge in [-0.15, -0.1) is 23.2 Å². The third-order valence-corrected chi connectivity index (χ3v) is 15.1. The first kappa shape index (κ1) is 46.8. The van der Waals surface area contributed by atoms with Crippen LogP contribution >= 0.6 is 39.0 Å². The number of hydrogen-bond acceptors (Lipinski definition) is 2. The van der Waals surface area contributed by atoms with Crippen molar-refractivity contribution >= 4 is 76.6 Å². The largest absolute Gasteiger partial charge is 1.00 e. The summed E-state index contributed by atoms with van der Waals surface area (Å²) in [6, 6.07) is 75.2. The first-order valence-corrected chi connectivity index (χ1v) is 22.9. The van der Waals surface area contributed by atoms with Crippen LogP contribution in [0.5, 0.6) is 11.5 Å². The zero-order valence-electron chi connectivity index (χ0n) is 33.2. The molecular formula is C52H45Cl3NOP2Pd-. The van der Waals surface area contributed by atoms with Crippen LogP contribution in [0.2, 0.25) is 0 Å². The van der Waals surface area contributed by atoms with E-state index in [-0.39, 0.29) is 43.6 Å². The summed E-state index contributed by atoms with van der Waals surface area (Å²) in [5, 5.41) is 8.01. The minimum atomic E-state index is -0.824. The first-order chi connectivity index (χ1) is 28.4. The predicted octanol–water partition coefficient (Wildman–Crippen LogP) is 8.99. The van der Waals surface area contributed by atoms with Gasteiger partial charge in [-0.05, 0) is 48.7 Å². The zero-order chi connectivity index (χ0) is 40.3. The Balaban J connectivity index is 0.000000320. The second-order valence-corrected chi connectivity index (χ2v) is 19.3. The molecule has 0 aliphatic carbocycles. The summed E-state index contributed by atoms with van der Waals surface area (Å²) >= 11 is 9.53. The van der Waals surface area contributed by atoms with Crippen LogP contribution in [0.15, 0.2) is 212 Å². The summed E-state index contributed by atoms with van der Waals surface area (Å²) in [6.07, 6.45) is 0. The van der Waals surface area contributed by atoms with Gasteiger partial charge in [0.05, 0.1) is 5.34 Å². The van der Waals surface area contributed by atoms with E-state index < -0.39 is 15.8 Å². The van der Waals surface area contributed by atoms with Gasteiger partial charge in [-0.2, -0.15) is 0 Å². The second kappa shape index (κ2) is 22.6. The van der Waals surface area contributed by atoms with E-state index >= 15 is 0 Å². The van der Waals surface area contributed by atoms with Crippen LogP contribution < -0.4 is 54.7 Å². The van der Waals surface area contributed by atoms with Crippen LogP contribution in [0.1, 0.15) is 25.0 Å². The molecule has 1 aliphatic heterocycles. The molecule has 0 amide bonds. The van der Waals surface area contributed by atoms with Crippen LogP contribution in [-0.4, -0.2) is 5.34 Å². The number of alkyl halides is 2. The summed E-state index contributed by atoms with van der Waals surface area (Å²) in [5.41, 5.74) is 11.2. The molecule has 1 heterocycles. The van der Waals surface area contributed by atoms with Gasteiger partial charge in [0.1, 0.15) is 11.5 Å². The number of benzene rings is 8. The van der Waals surface area contributed by atoms with Gasteiger partial charge in [-0.3, -0.25) is 0 Å². The number of hydrogen-bond donors (Lipinski definition) is 1. The molecule has 9 rings (SSSR count). The minimum absolute atomic E-state index is 0. The Morgan fingerprint density at radius 2 is 0.767 bits per heavy atom. The van der Waals surface area contributed by atoms with Crippen LogP contribution in [-0.2, 0) is 25.8 Å². The minimum Gasteiger partial charge on any atom is -1.00 e. The summed E-state index contributed by atoms with van der Waals surface area (Å²) < 4.78 is 7.26. The van der Waals surface area contributed by atoms with Crippen LogP contribution in [0, 0.1) is 0 Å². The Labute approximate surface area is 387 Å². The summed E-state index contributed by atoms with van der Waals surface area (Å²) in [5.74, 6) is 2.02. The molecule has 8 aromatic rings. The third-order valence-electron chi connectivity index (χ3n) is 10.1. The molecule has 0 fully saturated rings. The second-order valence-electron chi connectivity index (χ2n) is 14.1. The standard InChI is InChI=1S/C39H32OP2.C12H11N.CH2Cl2.ClH.Pd/c1-39(2)33-25-15-27-35(41(29-17-7-3-8-18-29)30-19-9-4-10-20-30)37(33)40-38-34(39)26-16-28-36(38)42(31-21-11-5-12-22-31)32-23-13-6-14-24-32;13-12-9-5-4-8-11(12)10-6-2-1-3-7-10;2-1-3;;/h3-28H,1-2H3;1-9H,13H2;1H2;1H;/p-1. The number of anilines is 1. The van der Waals surface area contributed by atoms with E-state index in [1.165, 1.54) is 48.5 Å². The maximum Gasteiger partial charge on any atom is 0.139 e. The first-order valence-electron chi connectivity index (χ1n) is 19.2. The molecule has 0 atom stereocenters. The molecule has 0 aromatic heterocycles. The van der Waals surface area contributed by atoms with Crippen LogP contribution in [0.25, 0.3) is 11.1 Å². The molecule has 0 radical (unpaired) electrons. The van der Waals surface area contributed by atoms with Crippen LogP contribution in [0.3, 0.4) is 0 Å². The normalized spacial score (nSPS) is 11.8. The Hall–Kier alpha value is -4.25. The van der Waals surface area contributed by atoms with Crippen molar-refractivity contribution in [1.82, 2.24) is 0 Å². The number of rotatable bonds is 7. The Morgan fingerprint density at radius 3 is 1.12 bits per heavy atom. The Kier molecular flexibility index (Phi) is 17.6. The van der Waals surface area contributed by atoms with E-state index in [1.54, 1.807) is 0 Å². The molecule has 0 spiro atoms. The van der Waals surface area contributed by atoms with E-state index in [0.717, 1.165) is 22.7 Å². The number of halogens is 3. The average molecular weight is 975 g/mol. The van der Waals surface area contributed by atoms with Crippen molar-refractivity contribution in [2.75, 3.05) is 11.1 Å². The van der Waals surface area contributed by atoms with E-state index in [4.69, 9.17) is 33.7 Å². The van der Waals surface area contributed by atoms with Gasteiger partial charge in [0.2, 0.25) is 0 Å². The van der Waals surface area contributed by atoms with E-state index in [0.29, 0.717) is 0 Å². The van der Waals surface area contributed by atoms with Gasteiger partial charge in [0.25, 0.3) is 0 Å². The van der Waals surface area contributed by atoms with E-state index in [2.05, 4.69) is 184 Å². The fourth-order valence-corrected chi connectivity index (χ4v) is 12.2. The van der Waals surface area contributed by atoms with Crippen molar-refractivity contribution in [3.63, 3.8) is 0 Å². The Bertz CT molecular complexity index is 2320. The summed E-state index contributed by atoms with van der Waals surface area (Å²) in [7, 11) is -1.65. The smallest absolute Gasteiger partial charge is 0.139 e. The molecule has 2 N–H and O–H groups in total. The molecular weight excluding hydrogens is 929 g/mol. The van der Waals surface area contributed by atoms with Crippen molar-refractivity contribution in [2.24, 2.45) is 0 Å². The predicted molar refractivity (Wildman–Crippen MR) is 255 cm³/mol. The van der Waals surface area contributed by atoms with Gasteiger partial charge in [-0.25, -0.2) is 0 Å². The topological polar surface area (TPSA) is 35.2 Å². The maximum atomic E-state index is 7.26. The monoisotopic (exact) mass is 972 g/mol. The molecule has 0 saturated heterocycles. The van der Waals surface area contributed by atoms with Gasteiger partial charge in [0, 0.05) is 58.8 Å². The molecule has 0 saturated carbocycles. The van der Waals surface area contributed by atoms with E-state index in [9.17, 15) is 0 Å². The molecule has 1 aliphatic rings. The molecule has 0 bridgehead atoms. The van der Waals surface area contributed by atoms with Gasteiger partial charge < -0.3 is 22.9 Å². The van der Waals surface area contributed by atoms with Crippen molar-refractivity contribution in [2.45, 2.75) is 19.3 Å². The molecule has 8 heteroatoms. The maximum absolute atomic E-state index is 7.26. The fourth-order valence-electron chi connectivity index (χ4n) is 7.39. The quantitative estimate of drug-likeness (QED) is 0.0750. The van der Waals surface area contributed by atoms with E-state index in [1.807, 2.05) is 42.5 Å². The number of fused-ring (bicyclic) bond motifs is 2. The molecule has 306 valence electrons. The molecule has 8 aromatic carbocycles. The van der Waals surface area contributed by atoms with Crippen molar-refractivity contribution < 1.29 is 37.6 Å². The average Bonchev–Trinajstić information content (AvgIpc) is 3.27. The van der Waals surface area contributed by atoms with Crippen molar-refractivity contribution in [3.05, 3.63) is 223 Å². The summed E-state index contributed by atoms with van der Waals surface area (Å²) in [6.45, 7) is 4.70.